The van der Waals surface area contributed by atoms with Gasteiger partial charge < -0.3 is 10.5 Å². The van der Waals surface area contributed by atoms with Crippen LogP contribution in [0.15, 0.2) is 30.6 Å². The van der Waals surface area contributed by atoms with E-state index in [1.54, 1.807) is 18.5 Å². The van der Waals surface area contributed by atoms with E-state index < -0.39 is 0 Å². The standard InChI is InChI=1S/C12H14N4O/c1-2-17-8-12-15-10(6-11(13)16-12)9-4-3-5-14-7-9/h3-7H,2,8H2,1H3,(H2,13,15,16). The van der Waals surface area contributed by atoms with Crippen LogP contribution >= 0.6 is 0 Å². The molecule has 0 radical (unpaired) electrons. The first kappa shape index (κ1) is 11.5. The van der Waals surface area contributed by atoms with Gasteiger partial charge in [-0.05, 0) is 19.1 Å². The number of hydrogen-bond donors (Lipinski definition) is 1. The van der Waals surface area contributed by atoms with Crippen molar-refractivity contribution in [2.75, 3.05) is 12.3 Å². The zero-order valence-corrected chi connectivity index (χ0v) is 9.63. The summed E-state index contributed by atoms with van der Waals surface area (Å²) in [6.07, 6.45) is 3.46. The van der Waals surface area contributed by atoms with Gasteiger partial charge in [0, 0.05) is 30.6 Å². The lowest BCUT2D eigenvalue weighted by atomic mass is 10.2. The Hall–Kier alpha value is -2.01. The number of nitrogens with two attached hydrogens (primary N) is 1. The Morgan fingerprint density at radius 3 is 2.94 bits per heavy atom. The smallest absolute Gasteiger partial charge is 0.157 e. The second-order valence-corrected chi connectivity index (χ2v) is 3.47. The molecule has 0 bridgehead atoms. The molecule has 2 rings (SSSR count). The first-order valence-electron chi connectivity index (χ1n) is 5.41. The third kappa shape index (κ3) is 2.98. The minimum atomic E-state index is 0.370. The number of nitrogens with zero attached hydrogens (tertiary/aromatic N) is 3. The average molecular weight is 230 g/mol. The van der Waals surface area contributed by atoms with E-state index in [0.29, 0.717) is 24.9 Å². The summed E-state index contributed by atoms with van der Waals surface area (Å²) in [4.78, 5) is 12.6. The Balaban J connectivity index is 2.32. The van der Waals surface area contributed by atoms with Crippen molar-refractivity contribution in [2.24, 2.45) is 0 Å². The Bertz CT molecular complexity index is 487. The van der Waals surface area contributed by atoms with E-state index in [1.807, 2.05) is 19.1 Å². The lowest BCUT2D eigenvalue weighted by molar-refractivity contribution is 0.128. The van der Waals surface area contributed by atoms with Crippen LogP contribution < -0.4 is 5.73 Å². The molecule has 0 aliphatic heterocycles. The summed E-state index contributed by atoms with van der Waals surface area (Å²) in [5.74, 6) is 1.03. The van der Waals surface area contributed by atoms with Crippen molar-refractivity contribution >= 4 is 5.82 Å². The first-order chi connectivity index (χ1) is 8.29. The Morgan fingerprint density at radius 1 is 1.35 bits per heavy atom. The van der Waals surface area contributed by atoms with Crippen molar-refractivity contribution in [1.29, 1.82) is 0 Å². The molecule has 2 aromatic heterocycles. The van der Waals surface area contributed by atoms with Crippen LogP contribution in [-0.4, -0.2) is 21.6 Å². The molecule has 5 nitrogen and oxygen atoms in total. The minimum Gasteiger partial charge on any atom is -0.384 e. The molecule has 0 amide bonds. The van der Waals surface area contributed by atoms with Gasteiger partial charge in [0.25, 0.3) is 0 Å². The number of pyridine rings is 1. The molecule has 88 valence electrons. The van der Waals surface area contributed by atoms with Crippen LogP contribution in [0.1, 0.15) is 12.7 Å². The van der Waals surface area contributed by atoms with E-state index in [9.17, 15) is 0 Å². The van der Waals surface area contributed by atoms with E-state index in [1.165, 1.54) is 0 Å². The van der Waals surface area contributed by atoms with E-state index in [4.69, 9.17) is 10.5 Å². The molecule has 5 heteroatoms. The molecule has 0 saturated heterocycles. The Morgan fingerprint density at radius 2 is 2.24 bits per heavy atom. The highest BCUT2D eigenvalue weighted by Gasteiger charge is 2.05. The summed E-state index contributed by atoms with van der Waals surface area (Å²) in [5, 5.41) is 0. The van der Waals surface area contributed by atoms with Gasteiger partial charge in [-0.3, -0.25) is 4.98 Å². The zero-order chi connectivity index (χ0) is 12.1. The predicted molar refractivity (Wildman–Crippen MR) is 65.0 cm³/mol. The van der Waals surface area contributed by atoms with Gasteiger partial charge in [0.1, 0.15) is 12.4 Å². The molecule has 2 aromatic rings. The fourth-order valence-corrected chi connectivity index (χ4v) is 1.44. The molecule has 17 heavy (non-hydrogen) atoms. The minimum absolute atomic E-state index is 0.370. The van der Waals surface area contributed by atoms with E-state index in [0.717, 1.165) is 11.3 Å². The largest absolute Gasteiger partial charge is 0.384 e. The molecule has 0 aliphatic carbocycles. The summed E-state index contributed by atoms with van der Waals surface area (Å²) < 4.78 is 5.27. The predicted octanol–water partition coefficient (Wildman–Crippen LogP) is 1.66. The Labute approximate surface area is 99.7 Å². The summed E-state index contributed by atoms with van der Waals surface area (Å²) in [7, 11) is 0. The second kappa shape index (κ2) is 5.36. The maximum atomic E-state index is 5.74. The van der Waals surface area contributed by atoms with E-state index in [-0.39, 0.29) is 0 Å². The fraction of sp³-hybridized carbons (Fsp3) is 0.250. The highest BCUT2D eigenvalue weighted by Crippen LogP contribution is 2.17. The molecular weight excluding hydrogens is 216 g/mol. The third-order valence-electron chi connectivity index (χ3n) is 2.18. The van der Waals surface area contributed by atoms with Crippen LogP contribution in [0.2, 0.25) is 0 Å². The molecule has 0 atom stereocenters. The van der Waals surface area contributed by atoms with E-state index in [2.05, 4.69) is 15.0 Å². The fourth-order valence-electron chi connectivity index (χ4n) is 1.44. The summed E-state index contributed by atoms with van der Waals surface area (Å²) in [5.41, 5.74) is 7.42. The molecule has 2 N–H and O–H groups in total. The quantitative estimate of drug-likeness (QED) is 0.864. The second-order valence-electron chi connectivity index (χ2n) is 3.47. The van der Waals surface area contributed by atoms with E-state index >= 15 is 0 Å². The number of ether oxygens (including phenoxy) is 1. The summed E-state index contributed by atoms with van der Waals surface area (Å²) in [6, 6.07) is 5.52. The molecule has 0 aromatic carbocycles. The Kier molecular flexibility index (Phi) is 3.62. The molecule has 0 saturated carbocycles. The van der Waals surface area contributed by atoms with Gasteiger partial charge in [-0.15, -0.1) is 0 Å². The van der Waals surface area contributed by atoms with Crippen molar-refractivity contribution in [3.05, 3.63) is 36.4 Å². The molecular formula is C12H14N4O. The van der Waals surface area contributed by atoms with Crippen LogP contribution in [0.4, 0.5) is 5.82 Å². The summed E-state index contributed by atoms with van der Waals surface area (Å²) in [6.45, 7) is 2.92. The normalized spacial score (nSPS) is 10.4. The van der Waals surface area contributed by atoms with Gasteiger partial charge in [-0.2, -0.15) is 0 Å². The van der Waals surface area contributed by atoms with Crippen molar-refractivity contribution in [2.45, 2.75) is 13.5 Å². The average Bonchev–Trinajstić information content (AvgIpc) is 2.37. The third-order valence-corrected chi connectivity index (χ3v) is 2.18. The number of rotatable bonds is 4. The van der Waals surface area contributed by atoms with Crippen LogP contribution in [0.3, 0.4) is 0 Å². The van der Waals surface area contributed by atoms with Crippen LogP contribution in [0.5, 0.6) is 0 Å². The molecule has 2 heterocycles. The zero-order valence-electron chi connectivity index (χ0n) is 9.63. The maximum Gasteiger partial charge on any atom is 0.157 e. The van der Waals surface area contributed by atoms with Crippen LogP contribution in [0.25, 0.3) is 11.3 Å². The first-order valence-corrected chi connectivity index (χ1v) is 5.41. The van der Waals surface area contributed by atoms with Crippen LogP contribution in [-0.2, 0) is 11.3 Å². The van der Waals surface area contributed by atoms with Gasteiger partial charge in [-0.1, -0.05) is 0 Å². The van der Waals surface area contributed by atoms with Crippen molar-refractivity contribution < 1.29 is 4.74 Å². The summed E-state index contributed by atoms with van der Waals surface area (Å²) >= 11 is 0. The number of anilines is 1. The van der Waals surface area contributed by atoms with Gasteiger partial charge in [-0.25, -0.2) is 9.97 Å². The van der Waals surface area contributed by atoms with Gasteiger partial charge >= 0.3 is 0 Å². The topological polar surface area (TPSA) is 73.9 Å². The van der Waals surface area contributed by atoms with Crippen molar-refractivity contribution in [3.8, 4) is 11.3 Å². The van der Waals surface area contributed by atoms with Gasteiger partial charge in [0.15, 0.2) is 5.82 Å². The maximum absolute atomic E-state index is 5.74. The van der Waals surface area contributed by atoms with Gasteiger partial charge in [0.2, 0.25) is 0 Å². The number of aromatic nitrogens is 3. The monoisotopic (exact) mass is 230 g/mol. The van der Waals surface area contributed by atoms with Crippen molar-refractivity contribution in [1.82, 2.24) is 15.0 Å². The molecule has 0 unspecified atom stereocenters. The molecule has 0 aliphatic rings. The van der Waals surface area contributed by atoms with Crippen molar-refractivity contribution in [3.63, 3.8) is 0 Å². The van der Waals surface area contributed by atoms with Crippen LogP contribution in [0, 0.1) is 0 Å². The lowest BCUT2D eigenvalue weighted by Gasteiger charge is -2.05. The molecule has 0 spiro atoms. The number of nitrogen functional groups attached to an aromatic ring is 1. The number of hydrogen-bond acceptors (Lipinski definition) is 5. The highest BCUT2D eigenvalue weighted by molar-refractivity contribution is 5.60. The van der Waals surface area contributed by atoms with Gasteiger partial charge in [0.05, 0.1) is 5.69 Å². The lowest BCUT2D eigenvalue weighted by Crippen LogP contribution is -2.03. The highest BCUT2D eigenvalue weighted by atomic mass is 16.5. The molecule has 0 fully saturated rings. The SMILES string of the molecule is CCOCc1nc(N)cc(-c2cccnc2)n1.